The number of nitrogens with zero attached hydrogens (tertiary/aromatic N) is 2. The number of aliphatic hydroxyl groups is 1. The molecule has 3 rings (SSSR count). The summed E-state index contributed by atoms with van der Waals surface area (Å²) in [7, 11) is 5.36. The third kappa shape index (κ3) is 5.62. The summed E-state index contributed by atoms with van der Waals surface area (Å²) in [4.78, 5) is 29.6. The molecule has 0 bridgehead atoms. The zero-order valence-electron chi connectivity index (χ0n) is 20.0. The largest absolute Gasteiger partial charge is 0.507 e. The van der Waals surface area contributed by atoms with Crippen LogP contribution in [0.25, 0.3) is 5.76 Å². The molecule has 0 aromatic heterocycles. The summed E-state index contributed by atoms with van der Waals surface area (Å²) < 4.78 is 12.2. The minimum absolute atomic E-state index is 0.0628. The summed E-state index contributed by atoms with van der Waals surface area (Å²) >= 11 is 3.38. The number of benzene rings is 2. The fraction of sp³-hybridized carbons (Fsp3) is 0.385. The van der Waals surface area contributed by atoms with Crippen LogP contribution in [-0.2, 0) is 9.59 Å². The van der Waals surface area contributed by atoms with E-state index in [1.807, 2.05) is 25.1 Å². The number of aliphatic hydroxyl groups excluding tert-OH is 1. The molecule has 0 saturated carbocycles. The number of amides is 1. The summed E-state index contributed by atoms with van der Waals surface area (Å²) in [6.45, 7) is 3.55. The standard InChI is InChI=1S/C26H31BrN2O5/c1-5-6-15-34-20-12-9-18(16-21(20)33-4)23-22(24(30)17-7-10-19(27)11-8-17)25(31)26(32)29(23)14-13-28(2)3/h7-12,16,23,30H,5-6,13-15H2,1-4H3. The minimum atomic E-state index is -0.748. The van der Waals surface area contributed by atoms with Crippen molar-refractivity contribution in [2.24, 2.45) is 0 Å². The molecule has 1 fully saturated rings. The van der Waals surface area contributed by atoms with Gasteiger partial charge < -0.3 is 24.4 Å². The van der Waals surface area contributed by atoms with Gasteiger partial charge in [0.25, 0.3) is 11.7 Å². The topological polar surface area (TPSA) is 79.3 Å². The molecule has 2 aromatic carbocycles. The fourth-order valence-electron chi connectivity index (χ4n) is 3.83. The fourth-order valence-corrected chi connectivity index (χ4v) is 4.09. The molecule has 8 heteroatoms. The Kier molecular flexibility index (Phi) is 8.74. The number of hydrogen-bond donors (Lipinski definition) is 1. The highest BCUT2D eigenvalue weighted by Crippen LogP contribution is 2.42. The Hall–Kier alpha value is -2.84. The van der Waals surface area contributed by atoms with Crippen LogP contribution in [-0.4, -0.2) is 67.5 Å². The summed E-state index contributed by atoms with van der Waals surface area (Å²) in [6, 6.07) is 11.6. The smallest absolute Gasteiger partial charge is 0.295 e. The predicted octanol–water partition coefficient (Wildman–Crippen LogP) is 4.62. The molecule has 0 spiro atoms. The van der Waals surface area contributed by atoms with Crippen molar-refractivity contribution in [1.82, 2.24) is 9.80 Å². The van der Waals surface area contributed by atoms with Gasteiger partial charge in [-0.2, -0.15) is 0 Å². The van der Waals surface area contributed by atoms with Gasteiger partial charge in [0.15, 0.2) is 11.5 Å². The van der Waals surface area contributed by atoms with Crippen LogP contribution in [0.4, 0.5) is 0 Å². The molecule has 2 aromatic rings. The minimum Gasteiger partial charge on any atom is -0.507 e. The lowest BCUT2D eigenvalue weighted by atomic mass is 9.95. The molecule has 1 amide bonds. The Labute approximate surface area is 209 Å². The normalized spacial score (nSPS) is 17.5. The molecule has 1 aliphatic rings. The summed E-state index contributed by atoms with van der Waals surface area (Å²) in [5.74, 6) is -0.432. The van der Waals surface area contributed by atoms with Gasteiger partial charge in [0.2, 0.25) is 0 Å². The molecule has 1 atom stereocenters. The van der Waals surface area contributed by atoms with E-state index in [0.717, 1.165) is 17.3 Å². The lowest BCUT2D eigenvalue weighted by molar-refractivity contribution is -0.140. The van der Waals surface area contributed by atoms with Crippen LogP contribution in [0.2, 0.25) is 0 Å². The maximum atomic E-state index is 13.1. The maximum Gasteiger partial charge on any atom is 0.295 e. The van der Waals surface area contributed by atoms with E-state index in [1.54, 1.807) is 43.5 Å². The molecule has 1 saturated heterocycles. The van der Waals surface area contributed by atoms with Gasteiger partial charge in [-0.3, -0.25) is 9.59 Å². The van der Waals surface area contributed by atoms with Crippen molar-refractivity contribution in [1.29, 1.82) is 0 Å². The number of methoxy groups -OCH3 is 1. The predicted molar refractivity (Wildman–Crippen MR) is 135 cm³/mol. The molecular weight excluding hydrogens is 500 g/mol. The molecule has 0 radical (unpaired) electrons. The lowest BCUT2D eigenvalue weighted by Crippen LogP contribution is -2.35. The second kappa shape index (κ2) is 11.5. The Morgan fingerprint density at radius 3 is 2.44 bits per heavy atom. The van der Waals surface area contributed by atoms with E-state index in [9.17, 15) is 14.7 Å². The first kappa shape index (κ1) is 25.8. The highest BCUT2D eigenvalue weighted by Gasteiger charge is 2.46. The quantitative estimate of drug-likeness (QED) is 0.209. The number of halogens is 1. The summed E-state index contributed by atoms with van der Waals surface area (Å²) in [6.07, 6.45) is 1.93. The molecule has 182 valence electrons. The van der Waals surface area contributed by atoms with Crippen LogP contribution in [0.5, 0.6) is 11.5 Å². The number of carbonyl (C=O) groups is 2. The Morgan fingerprint density at radius 1 is 1.12 bits per heavy atom. The Morgan fingerprint density at radius 2 is 1.82 bits per heavy atom. The summed E-state index contributed by atoms with van der Waals surface area (Å²) in [5.41, 5.74) is 1.19. The van der Waals surface area contributed by atoms with Crippen molar-refractivity contribution in [3.63, 3.8) is 0 Å². The second-order valence-electron chi connectivity index (χ2n) is 8.41. The number of ether oxygens (including phenoxy) is 2. The SMILES string of the molecule is CCCCOc1ccc(C2C(=C(O)c3ccc(Br)cc3)C(=O)C(=O)N2CCN(C)C)cc1OC. The number of rotatable bonds is 10. The maximum absolute atomic E-state index is 13.1. The van der Waals surface area contributed by atoms with E-state index in [0.29, 0.717) is 42.3 Å². The lowest BCUT2D eigenvalue weighted by Gasteiger charge is -2.27. The van der Waals surface area contributed by atoms with Crippen LogP contribution in [0.1, 0.15) is 36.9 Å². The molecule has 1 unspecified atom stereocenters. The van der Waals surface area contributed by atoms with Crippen molar-refractivity contribution in [3.05, 3.63) is 63.6 Å². The Bertz CT molecular complexity index is 1070. The first-order valence-electron chi connectivity index (χ1n) is 11.3. The van der Waals surface area contributed by atoms with Gasteiger partial charge in [-0.15, -0.1) is 0 Å². The average Bonchev–Trinajstić information content (AvgIpc) is 3.07. The van der Waals surface area contributed by atoms with Crippen molar-refractivity contribution in [2.75, 3.05) is 40.9 Å². The third-order valence-electron chi connectivity index (χ3n) is 5.70. The number of likely N-dealkylation sites (tertiary alicyclic amines) is 1. The van der Waals surface area contributed by atoms with Gasteiger partial charge in [-0.25, -0.2) is 0 Å². The molecule has 1 heterocycles. The van der Waals surface area contributed by atoms with Gasteiger partial charge in [-0.1, -0.05) is 47.5 Å². The van der Waals surface area contributed by atoms with E-state index in [-0.39, 0.29) is 11.3 Å². The van der Waals surface area contributed by atoms with Crippen molar-refractivity contribution in [2.45, 2.75) is 25.8 Å². The van der Waals surface area contributed by atoms with Gasteiger partial charge >= 0.3 is 0 Å². The second-order valence-corrected chi connectivity index (χ2v) is 9.33. The van der Waals surface area contributed by atoms with Crippen LogP contribution < -0.4 is 9.47 Å². The van der Waals surface area contributed by atoms with Gasteiger partial charge in [0, 0.05) is 23.1 Å². The van der Waals surface area contributed by atoms with Crippen LogP contribution >= 0.6 is 15.9 Å². The first-order valence-corrected chi connectivity index (χ1v) is 12.1. The monoisotopic (exact) mass is 530 g/mol. The van der Waals surface area contributed by atoms with E-state index in [1.165, 1.54) is 4.90 Å². The number of carbonyl (C=O) groups excluding carboxylic acids is 2. The highest BCUT2D eigenvalue weighted by molar-refractivity contribution is 9.10. The number of unbranched alkanes of at least 4 members (excludes halogenated alkanes) is 1. The van der Waals surface area contributed by atoms with Gasteiger partial charge in [0.05, 0.1) is 25.3 Å². The van der Waals surface area contributed by atoms with E-state index < -0.39 is 17.7 Å². The Balaban J connectivity index is 2.10. The molecule has 34 heavy (non-hydrogen) atoms. The van der Waals surface area contributed by atoms with Crippen molar-refractivity contribution < 1.29 is 24.2 Å². The number of likely N-dealkylation sites (N-methyl/N-ethyl adjacent to an activating group) is 1. The average molecular weight is 531 g/mol. The number of hydrogen-bond acceptors (Lipinski definition) is 6. The van der Waals surface area contributed by atoms with E-state index in [2.05, 4.69) is 22.9 Å². The van der Waals surface area contributed by atoms with Gasteiger partial charge in [-0.05, 0) is 50.3 Å². The van der Waals surface area contributed by atoms with Crippen molar-refractivity contribution in [3.8, 4) is 11.5 Å². The molecule has 1 N–H and O–H groups in total. The van der Waals surface area contributed by atoms with Crippen LogP contribution in [0.15, 0.2) is 52.5 Å². The molecule has 7 nitrogen and oxygen atoms in total. The zero-order chi connectivity index (χ0) is 24.8. The van der Waals surface area contributed by atoms with Crippen LogP contribution in [0.3, 0.4) is 0 Å². The summed E-state index contributed by atoms with van der Waals surface area (Å²) in [5, 5.41) is 11.1. The van der Waals surface area contributed by atoms with E-state index in [4.69, 9.17) is 9.47 Å². The molecule has 0 aliphatic carbocycles. The molecular formula is C26H31BrN2O5. The van der Waals surface area contributed by atoms with Gasteiger partial charge in [0.1, 0.15) is 5.76 Å². The first-order chi connectivity index (χ1) is 16.3. The van der Waals surface area contributed by atoms with E-state index >= 15 is 0 Å². The number of Topliss-reactive ketones (excluding diaryl/α,β-unsaturated/α-hetero) is 1. The number of ketones is 1. The van der Waals surface area contributed by atoms with Crippen molar-refractivity contribution >= 4 is 33.4 Å². The van der Waals surface area contributed by atoms with Crippen LogP contribution in [0, 0.1) is 0 Å². The molecule has 1 aliphatic heterocycles. The third-order valence-corrected chi connectivity index (χ3v) is 6.23. The zero-order valence-corrected chi connectivity index (χ0v) is 21.6. The highest BCUT2D eigenvalue weighted by atomic mass is 79.9.